The van der Waals surface area contributed by atoms with E-state index in [1.807, 2.05) is 0 Å². The molecule has 1 N–H and O–H groups in total. The lowest BCUT2D eigenvalue weighted by Crippen LogP contribution is -2.44. The molecule has 0 bridgehead atoms. The molecule has 1 aromatic rings. The Morgan fingerprint density at radius 3 is 2.41 bits per heavy atom. The van der Waals surface area contributed by atoms with Crippen molar-refractivity contribution in [2.24, 2.45) is 16.3 Å². The zero-order chi connectivity index (χ0) is 18.1. The van der Waals surface area contributed by atoms with Crippen LogP contribution < -0.4 is 14.8 Å². The molecule has 27 heavy (non-hydrogen) atoms. The van der Waals surface area contributed by atoms with Gasteiger partial charge in [-0.05, 0) is 73.6 Å². The number of guanidine groups is 1. The van der Waals surface area contributed by atoms with E-state index in [1.165, 1.54) is 36.8 Å². The van der Waals surface area contributed by atoms with E-state index in [1.54, 1.807) is 14.2 Å². The van der Waals surface area contributed by atoms with Crippen molar-refractivity contribution >= 4 is 29.9 Å². The number of methoxy groups -OCH3 is 2. The molecular formula is C21H32IN3O2. The third-order valence-electron chi connectivity index (χ3n) is 6.23. The summed E-state index contributed by atoms with van der Waals surface area (Å²) < 4.78 is 10.9. The Kier molecular flexibility index (Phi) is 6.43. The summed E-state index contributed by atoms with van der Waals surface area (Å²) in [4.78, 5) is 7.45. The van der Waals surface area contributed by atoms with Gasteiger partial charge in [-0.1, -0.05) is 0 Å². The van der Waals surface area contributed by atoms with Crippen molar-refractivity contribution in [3.8, 4) is 11.5 Å². The van der Waals surface area contributed by atoms with Crippen molar-refractivity contribution in [2.45, 2.75) is 45.6 Å². The smallest absolute Gasteiger partial charge is 0.194 e. The number of fused-ring (bicyclic) bond motifs is 1. The van der Waals surface area contributed by atoms with Crippen LogP contribution in [0.5, 0.6) is 11.5 Å². The van der Waals surface area contributed by atoms with Crippen molar-refractivity contribution in [3.63, 3.8) is 0 Å². The molecule has 0 aromatic heterocycles. The van der Waals surface area contributed by atoms with E-state index >= 15 is 0 Å². The molecular weight excluding hydrogens is 453 g/mol. The SMILES string of the molecule is CCNC(=NCC1(C2CC2)CC1)N1CCc2cc(OC)c(OC)cc2C1.I. The van der Waals surface area contributed by atoms with Gasteiger partial charge in [0, 0.05) is 26.2 Å². The lowest BCUT2D eigenvalue weighted by Gasteiger charge is -2.32. The van der Waals surface area contributed by atoms with Gasteiger partial charge in [-0.15, -0.1) is 24.0 Å². The van der Waals surface area contributed by atoms with Crippen LogP contribution in [0.15, 0.2) is 17.1 Å². The maximum atomic E-state index is 5.49. The van der Waals surface area contributed by atoms with E-state index < -0.39 is 0 Å². The maximum absolute atomic E-state index is 5.49. The molecule has 1 aromatic carbocycles. The first-order valence-electron chi connectivity index (χ1n) is 9.96. The van der Waals surface area contributed by atoms with Gasteiger partial charge in [0.05, 0.1) is 14.2 Å². The minimum Gasteiger partial charge on any atom is -0.493 e. The molecule has 2 saturated carbocycles. The minimum atomic E-state index is 0. The second kappa shape index (κ2) is 8.45. The van der Waals surface area contributed by atoms with Crippen LogP contribution in [0.3, 0.4) is 0 Å². The van der Waals surface area contributed by atoms with E-state index in [-0.39, 0.29) is 24.0 Å². The van der Waals surface area contributed by atoms with Gasteiger partial charge in [0.2, 0.25) is 0 Å². The highest BCUT2D eigenvalue weighted by molar-refractivity contribution is 14.0. The summed E-state index contributed by atoms with van der Waals surface area (Å²) in [5.74, 6) is 3.65. The summed E-state index contributed by atoms with van der Waals surface area (Å²) in [6, 6.07) is 4.25. The number of nitrogens with one attached hydrogen (secondary N) is 1. The van der Waals surface area contributed by atoms with Gasteiger partial charge >= 0.3 is 0 Å². The Hall–Kier alpha value is -1.18. The first-order valence-corrected chi connectivity index (χ1v) is 9.96. The van der Waals surface area contributed by atoms with Crippen LogP contribution in [0.2, 0.25) is 0 Å². The third-order valence-corrected chi connectivity index (χ3v) is 6.23. The van der Waals surface area contributed by atoms with Crippen LogP contribution in [0.1, 0.15) is 43.7 Å². The normalized spacial score (nSPS) is 20.4. The van der Waals surface area contributed by atoms with Crippen LogP contribution >= 0.6 is 24.0 Å². The molecule has 0 radical (unpaired) electrons. The maximum Gasteiger partial charge on any atom is 0.194 e. The van der Waals surface area contributed by atoms with Crippen LogP contribution in [-0.2, 0) is 13.0 Å². The monoisotopic (exact) mass is 485 g/mol. The first kappa shape index (κ1) is 20.6. The molecule has 4 rings (SSSR count). The average Bonchev–Trinajstić information content (AvgIpc) is 3.56. The Labute approximate surface area is 179 Å². The fourth-order valence-electron chi connectivity index (χ4n) is 4.27. The minimum absolute atomic E-state index is 0. The zero-order valence-electron chi connectivity index (χ0n) is 16.7. The number of rotatable bonds is 6. The quantitative estimate of drug-likeness (QED) is 0.378. The van der Waals surface area contributed by atoms with Gasteiger partial charge in [-0.25, -0.2) is 0 Å². The fraction of sp³-hybridized carbons (Fsp3) is 0.667. The lowest BCUT2D eigenvalue weighted by molar-refractivity contribution is 0.345. The molecule has 5 nitrogen and oxygen atoms in total. The number of ether oxygens (including phenoxy) is 2. The standard InChI is InChI=1S/C21H31N3O2.HI/c1-4-22-20(23-14-21(8-9-21)17-5-6-17)24-10-7-15-11-18(25-2)19(26-3)12-16(15)13-24;/h11-12,17H,4-10,13-14H2,1-3H3,(H,22,23);1H. The van der Waals surface area contributed by atoms with Crippen molar-refractivity contribution in [3.05, 3.63) is 23.3 Å². The summed E-state index contributed by atoms with van der Waals surface area (Å²) in [5, 5.41) is 3.51. The Balaban J connectivity index is 0.00000210. The highest BCUT2D eigenvalue weighted by Crippen LogP contribution is 2.61. The molecule has 2 fully saturated rings. The van der Waals surface area contributed by atoms with E-state index in [0.717, 1.165) is 56.0 Å². The molecule has 150 valence electrons. The third kappa shape index (κ3) is 4.30. The van der Waals surface area contributed by atoms with Crippen molar-refractivity contribution in [1.29, 1.82) is 0 Å². The largest absolute Gasteiger partial charge is 0.493 e. The Morgan fingerprint density at radius 1 is 1.19 bits per heavy atom. The summed E-state index contributed by atoms with van der Waals surface area (Å²) in [7, 11) is 3.40. The Morgan fingerprint density at radius 2 is 1.85 bits per heavy atom. The number of hydrogen-bond acceptors (Lipinski definition) is 3. The number of hydrogen-bond donors (Lipinski definition) is 1. The number of benzene rings is 1. The van der Waals surface area contributed by atoms with Crippen LogP contribution in [0.25, 0.3) is 0 Å². The van der Waals surface area contributed by atoms with Crippen LogP contribution in [0.4, 0.5) is 0 Å². The van der Waals surface area contributed by atoms with E-state index in [4.69, 9.17) is 14.5 Å². The van der Waals surface area contributed by atoms with Crippen molar-refractivity contribution in [1.82, 2.24) is 10.2 Å². The second-order valence-electron chi connectivity index (χ2n) is 7.95. The molecule has 0 amide bonds. The predicted molar refractivity (Wildman–Crippen MR) is 119 cm³/mol. The molecule has 1 heterocycles. The van der Waals surface area contributed by atoms with Crippen LogP contribution in [0, 0.1) is 11.3 Å². The molecule has 0 saturated heterocycles. The van der Waals surface area contributed by atoms with Gasteiger partial charge in [-0.2, -0.15) is 0 Å². The summed E-state index contributed by atoms with van der Waals surface area (Å²) in [6.07, 6.45) is 6.60. The first-order chi connectivity index (χ1) is 12.7. The lowest BCUT2D eigenvalue weighted by atomic mass is 9.99. The Bertz CT molecular complexity index is 699. The molecule has 2 aliphatic carbocycles. The molecule has 3 aliphatic rings. The molecule has 0 unspecified atom stereocenters. The van der Waals surface area contributed by atoms with E-state index in [9.17, 15) is 0 Å². The van der Waals surface area contributed by atoms with E-state index in [0.29, 0.717) is 5.41 Å². The van der Waals surface area contributed by atoms with Gasteiger partial charge in [0.25, 0.3) is 0 Å². The van der Waals surface area contributed by atoms with Crippen molar-refractivity contribution in [2.75, 3.05) is 33.9 Å². The molecule has 1 aliphatic heterocycles. The van der Waals surface area contributed by atoms with E-state index in [2.05, 4.69) is 29.3 Å². The second-order valence-corrected chi connectivity index (χ2v) is 7.95. The predicted octanol–water partition coefficient (Wildman–Crippen LogP) is 3.84. The van der Waals surface area contributed by atoms with Gasteiger partial charge in [-0.3, -0.25) is 4.99 Å². The summed E-state index contributed by atoms with van der Waals surface area (Å²) >= 11 is 0. The zero-order valence-corrected chi connectivity index (χ0v) is 19.0. The summed E-state index contributed by atoms with van der Waals surface area (Å²) in [6.45, 7) is 5.91. The number of aliphatic imine (C=N–C) groups is 1. The van der Waals surface area contributed by atoms with Gasteiger partial charge in [0.15, 0.2) is 17.5 Å². The molecule has 0 atom stereocenters. The average molecular weight is 485 g/mol. The van der Waals surface area contributed by atoms with Gasteiger partial charge < -0.3 is 19.7 Å². The fourth-order valence-corrected chi connectivity index (χ4v) is 4.27. The van der Waals surface area contributed by atoms with Gasteiger partial charge in [0.1, 0.15) is 0 Å². The number of halogens is 1. The number of nitrogens with zero attached hydrogens (tertiary/aromatic N) is 2. The van der Waals surface area contributed by atoms with Crippen molar-refractivity contribution < 1.29 is 9.47 Å². The molecule has 0 spiro atoms. The molecule has 6 heteroatoms. The highest BCUT2D eigenvalue weighted by Gasteiger charge is 2.53. The topological polar surface area (TPSA) is 46.1 Å². The van der Waals surface area contributed by atoms with Crippen LogP contribution in [-0.4, -0.2) is 44.7 Å². The highest BCUT2D eigenvalue weighted by atomic mass is 127. The summed E-state index contributed by atoms with van der Waals surface area (Å²) in [5.41, 5.74) is 3.21.